The van der Waals surface area contributed by atoms with Crippen molar-refractivity contribution >= 4 is 0 Å². The molecule has 1 atom stereocenters. The summed E-state index contributed by atoms with van der Waals surface area (Å²) < 4.78 is 4.97. The van der Waals surface area contributed by atoms with Gasteiger partial charge in [0.2, 0.25) is 0 Å². The van der Waals surface area contributed by atoms with Crippen LogP contribution in [0.25, 0.3) is 0 Å². The molecule has 0 N–H and O–H groups in total. The zero-order valence-electron chi connectivity index (χ0n) is 5.85. The number of rotatable bonds is 3. The lowest BCUT2D eigenvalue weighted by molar-refractivity contribution is 0.156. The third kappa shape index (κ3) is 3.88. The van der Waals surface area contributed by atoms with Crippen molar-refractivity contribution in [3.63, 3.8) is 0 Å². The molecule has 8 heavy (non-hydrogen) atoms. The molecular formula is C7H14O. The van der Waals surface area contributed by atoms with E-state index in [0.717, 1.165) is 6.42 Å². The molecule has 0 spiro atoms. The summed E-state index contributed by atoms with van der Waals surface area (Å²) in [5, 5.41) is 0. The van der Waals surface area contributed by atoms with Gasteiger partial charge in [0.1, 0.15) is 0 Å². The molecule has 1 heteroatoms. The summed E-state index contributed by atoms with van der Waals surface area (Å²) in [6.45, 7) is 4.13. The third-order valence-electron chi connectivity index (χ3n) is 1.01. The number of hydrogen-bond donors (Lipinski definition) is 0. The molecule has 0 aliphatic heterocycles. The Morgan fingerprint density at radius 2 is 2.25 bits per heavy atom. The van der Waals surface area contributed by atoms with Crippen LogP contribution in [0.15, 0.2) is 12.2 Å². The molecule has 48 valence electrons. The van der Waals surface area contributed by atoms with Gasteiger partial charge in [-0.1, -0.05) is 19.1 Å². The van der Waals surface area contributed by atoms with Gasteiger partial charge in [-0.25, -0.2) is 0 Å². The van der Waals surface area contributed by atoms with Gasteiger partial charge in [-0.05, 0) is 13.3 Å². The quantitative estimate of drug-likeness (QED) is 0.510. The Hall–Kier alpha value is -0.300. The second-order valence-electron chi connectivity index (χ2n) is 1.78. The van der Waals surface area contributed by atoms with Crippen molar-refractivity contribution < 1.29 is 4.74 Å². The van der Waals surface area contributed by atoms with E-state index in [9.17, 15) is 0 Å². The topological polar surface area (TPSA) is 9.23 Å². The third-order valence-corrected chi connectivity index (χ3v) is 1.01. The standard InChI is InChI=1S/C7H14O/c1-4-5-6-7(2)8-3/h5-7H,4H2,1-3H3/b6-5-/t7-/m0/s1. The van der Waals surface area contributed by atoms with E-state index in [2.05, 4.69) is 19.1 Å². The summed E-state index contributed by atoms with van der Waals surface area (Å²) in [5.41, 5.74) is 0. The Bertz CT molecular complexity index is 66.8. The summed E-state index contributed by atoms with van der Waals surface area (Å²) in [5.74, 6) is 0. The highest BCUT2D eigenvalue weighted by molar-refractivity contribution is 4.85. The van der Waals surface area contributed by atoms with Crippen LogP contribution >= 0.6 is 0 Å². The molecule has 0 amide bonds. The molecule has 0 heterocycles. The summed E-state index contributed by atoms with van der Waals surface area (Å²) in [4.78, 5) is 0. The molecule has 0 aliphatic rings. The van der Waals surface area contributed by atoms with E-state index in [-0.39, 0.29) is 6.10 Å². The minimum absolute atomic E-state index is 0.273. The Balaban J connectivity index is 3.21. The molecule has 0 aliphatic carbocycles. The minimum Gasteiger partial charge on any atom is -0.378 e. The van der Waals surface area contributed by atoms with Gasteiger partial charge in [0.05, 0.1) is 6.10 Å². The maximum absolute atomic E-state index is 4.97. The lowest BCUT2D eigenvalue weighted by Gasteiger charge is -1.99. The van der Waals surface area contributed by atoms with E-state index in [1.54, 1.807) is 7.11 Å². The second-order valence-corrected chi connectivity index (χ2v) is 1.78. The first-order valence-corrected chi connectivity index (χ1v) is 3.00. The van der Waals surface area contributed by atoms with Gasteiger partial charge in [0, 0.05) is 7.11 Å². The summed E-state index contributed by atoms with van der Waals surface area (Å²) in [7, 11) is 1.71. The van der Waals surface area contributed by atoms with E-state index in [0.29, 0.717) is 0 Å². The Kier molecular flexibility index (Phi) is 4.67. The summed E-state index contributed by atoms with van der Waals surface area (Å²) in [6.07, 6.45) is 5.52. The molecule has 0 bridgehead atoms. The average molecular weight is 114 g/mol. The van der Waals surface area contributed by atoms with Gasteiger partial charge in [-0.3, -0.25) is 0 Å². The Labute approximate surface area is 51.4 Å². The van der Waals surface area contributed by atoms with Gasteiger partial charge in [-0.15, -0.1) is 0 Å². The smallest absolute Gasteiger partial charge is 0.0723 e. The SMILES string of the molecule is CC/C=C\[C@H](C)OC. The molecule has 0 aromatic carbocycles. The summed E-state index contributed by atoms with van der Waals surface area (Å²) >= 11 is 0. The highest BCUT2D eigenvalue weighted by Gasteiger charge is 1.86. The number of ether oxygens (including phenoxy) is 1. The normalized spacial score (nSPS) is 14.9. The van der Waals surface area contributed by atoms with Crippen molar-refractivity contribution in [1.82, 2.24) is 0 Å². The van der Waals surface area contributed by atoms with E-state index in [1.807, 2.05) is 6.92 Å². The van der Waals surface area contributed by atoms with E-state index < -0.39 is 0 Å². The molecule has 0 fully saturated rings. The first-order valence-electron chi connectivity index (χ1n) is 3.00. The number of allylic oxidation sites excluding steroid dienone is 1. The molecule has 0 unspecified atom stereocenters. The van der Waals surface area contributed by atoms with Crippen molar-refractivity contribution in [2.75, 3.05) is 7.11 Å². The van der Waals surface area contributed by atoms with E-state index in [1.165, 1.54) is 0 Å². The van der Waals surface area contributed by atoms with E-state index >= 15 is 0 Å². The first-order chi connectivity index (χ1) is 3.81. The highest BCUT2D eigenvalue weighted by Crippen LogP contribution is 1.90. The predicted molar refractivity (Wildman–Crippen MR) is 35.9 cm³/mol. The van der Waals surface area contributed by atoms with Crippen LogP contribution in [0.1, 0.15) is 20.3 Å². The van der Waals surface area contributed by atoms with Gasteiger partial charge < -0.3 is 4.74 Å². The van der Waals surface area contributed by atoms with Crippen molar-refractivity contribution in [3.8, 4) is 0 Å². The van der Waals surface area contributed by atoms with Crippen LogP contribution in [0.4, 0.5) is 0 Å². The van der Waals surface area contributed by atoms with Gasteiger partial charge in [0.15, 0.2) is 0 Å². The zero-order chi connectivity index (χ0) is 6.41. The zero-order valence-corrected chi connectivity index (χ0v) is 5.85. The molecule has 0 aromatic rings. The molecule has 0 saturated heterocycles. The van der Waals surface area contributed by atoms with Gasteiger partial charge in [0.25, 0.3) is 0 Å². The predicted octanol–water partition coefficient (Wildman–Crippen LogP) is 1.99. The van der Waals surface area contributed by atoms with E-state index in [4.69, 9.17) is 4.74 Å². The molecule has 1 nitrogen and oxygen atoms in total. The minimum atomic E-state index is 0.273. The Morgan fingerprint density at radius 3 is 2.62 bits per heavy atom. The monoisotopic (exact) mass is 114 g/mol. The van der Waals surface area contributed by atoms with Crippen LogP contribution in [-0.4, -0.2) is 13.2 Å². The van der Waals surface area contributed by atoms with Crippen LogP contribution in [0, 0.1) is 0 Å². The lowest BCUT2D eigenvalue weighted by Crippen LogP contribution is -1.97. The van der Waals surface area contributed by atoms with Crippen LogP contribution in [0.2, 0.25) is 0 Å². The Morgan fingerprint density at radius 1 is 1.62 bits per heavy atom. The van der Waals surface area contributed by atoms with Crippen LogP contribution in [-0.2, 0) is 4.74 Å². The second kappa shape index (κ2) is 4.85. The number of methoxy groups -OCH3 is 1. The van der Waals surface area contributed by atoms with Crippen molar-refractivity contribution in [1.29, 1.82) is 0 Å². The van der Waals surface area contributed by atoms with Crippen molar-refractivity contribution in [2.45, 2.75) is 26.4 Å². The maximum Gasteiger partial charge on any atom is 0.0723 e. The fourth-order valence-corrected chi connectivity index (χ4v) is 0.406. The molecule has 0 saturated carbocycles. The molecule has 0 aromatic heterocycles. The molecular weight excluding hydrogens is 100 g/mol. The first kappa shape index (κ1) is 7.70. The van der Waals surface area contributed by atoms with Gasteiger partial charge >= 0.3 is 0 Å². The fourth-order valence-electron chi connectivity index (χ4n) is 0.406. The van der Waals surface area contributed by atoms with Gasteiger partial charge in [-0.2, -0.15) is 0 Å². The number of hydrogen-bond acceptors (Lipinski definition) is 1. The van der Waals surface area contributed by atoms with Crippen LogP contribution in [0.3, 0.4) is 0 Å². The van der Waals surface area contributed by atoms with Crippen molar-refractivity contribution in [2.24, 2.45) is 0 Å². The van der Waals surface area contributed by atoms with Crippen LogP contribution < -0.4 is 0 Å². The maximum atomic E-state index is 4.97. The lowest BCUT2D eigenvalue weighted by atomic mass is 10.3. The highest BCUT2D eigenvalue weighted by atomic mass is 16.5. The average Bonchev–Trinajstić information content (AvgIpc) is 1.83. The molecule has 0 radical (unpaired) electrons. The summed E-state index contributed by atoms with van der Waals surface area (Å²) in [6, 6.07) is 0. The fraction of sp³-hybridized carbons (Fsp3) is 0.714. The molecule has 0 rings (SSSR count). The van der Waals surface area contributed by atoms with Crippen molar-refractivity contribution in [3.05, 3.63) is 12.2 Å². The largest absolute Gasteiger partial charge is 0.378 e. The van der Waals surface area contributed by atoms with Crippen LogP contribution in [0.5, 0.6) is 0 Å².